The second-order valence-corrected chi connectivity index (χ2v) is 10.7. The lowest BCUT2D eigenvalue weighted by molar-refractivity contribution is 0.0723. The molecule has 186 valence electrons. The Hall–Kier alpha value is -3.94. The highest BCUT2D eigenvalue weighted by atomic mass is 16.2. The van der Waals surface area contributed by atoms with E-state index < -0.39 is 0 Å². The molecule has 0 aliphatic carbocycles. The van der Waals surface area contributed by atoms with Crippen LogP contribution in [0.5, 0.6) is 0 Å². The first-order chi connectivity index (χ1) is 17.0. The number of fused-ring (bicyclic) bond motifs is 2. The summed E-state index contributed by atoms with van der Waals surface area (Å²) in [5.74, 6) is -0.0160. The summed E-state index contributed by atoms with van der Waals surface area (Å²) in [4.78, 5) is 29.2. The van der Waals surface area contributed by atoms with Gasteiger partial charge in [0.1, 0.15) is 0 Å². The van der Waals surface area contributed by atoms with Crippen LogP contribution in [0.3, 0.4) is 0 Å². The van der Waals surface area contributed by atoms with Crippen molar-refractivity contribution in [3.05, 3.63) is 76.9 Å². The molecule has 8 nitrogen and oxygen atoms in total. The van der Waals surface area contributed by atoms with Crippen LogP contribution in [-0.2, 0) is 18.5 Å². The van der Waals surface area contributed by atoms with Crippen molar-refractivity contribution >= 4 is 17.3 Å². The van der Waals surface area contributed by atoms with Gasteiger partial charge in [0.05, 0.1) is 34.1 Å². The molecule has 0 radical (unpaired) electrons. The van der Waals surface area contributed by atoms with E-state index in [0.29, 0.717) is 24.2 Å². The van der Waals surface area contributed by atoms with Gasteiger partial charge in [-0.05, 0) is 56.5 Å². The third kappa shape index (κ3) is 4.06. The van der Waals surface area contributed by atoms with Crippen LogP contribution < -0.4 is 0 Å². The Morgan fingerprint density at radius 3 is 2.56 bits per heavy atom. The Morgan fingerprint density at radius 2 is 1.86 bits per heavy atom. The van der Waals surface area contributed by atoms with E-state index in [1.165, 1.54) is 0 Å². The van der Waals surface area contributed by atoms with Gasteiger partial charge in [-0.2, -0.15) is 10.2 Å². The number of aromatic nitrogens is 4. The SMILES string of the molecule is Cc1cc(-c2ccnn3cc(C(=O)N(C)C)cc23)ccc1CN1CCc2c(cnn2C(C)(C)C)C1=O. The summed E-state index contributed by atoms with van der Waals surface area (Å²) in [5, 5.41) is 8.89. The molecule has 4 aromatic rings. The van der Waals surface area contributed by atoms with Crippen LogP contribution in [0.15, 0.2) is 48.9 Å². The van der Waals surface area contributed by atoms with Gasteiger partial charge in [0.25, 0.3) is 11.8 Å². The molecule has 0 atom stereocenters. The van der Waals surface area contributed by atoms with Crippen molar-refractivity contribution < 1.29 is 9.59 Å². The van der Waals surface area contributed by atoms with E-state index in [0.717, 1.165) is 39.9 Å². The molecule has 3 aromatic heterocycles. The van der Waals surface area contributed by atoms with Crippen molar-refractivity contribution in [3.63, 3.8) is 0 Å². The monoisotopic (exact) mass is 484 g/mol. The molecular formula is C28H32N6O2. The van der Waals surface area contributed by atoms with Crippen molar-refractivity contribution in [1.82, 2.24) is 29.2 Å². The van der Waals surface area contributed by atoms with Gasteiger partial charge in [0.2, 0.25) is 0 Å². The first kappa shape index (κ1) is 23.8. The van der Waals surface area contributed by atoms with Crippen LogP contribution in [0.2, 0.25) is 0 Å². The Morgan fingerprint density at radius 1 is 1.08 bits per heavy atom. The molecular weight excluding hydrogens is 452 g/mol. The van der Waals surface area contributed by atoms with E-state index >= 15 is 0 Å². The number of rotatable bonds is 4. The van der Waals surface area contributed by atoms with E-state index in [-0.39, 0.29) is 17.4 Å². The molecule has 4 heterocycles. The summed E-state index contributed by atoms with van der Waals surface area (Å²) in [7, 11) is 3.48. The number of carbonyl (C=O) groups is 2. The van der Waals surface area contributed by atoms with Crippen LogP contribution >= 0.6 is 0 Å². The summed E-state index contributed by atoms with van der Waals surface area (Å²) in [6.07, 6.45) is 6.02. The number of hydrogen-bond acceptors (Lipinski definition) is 4. The minimum Gasteiger partial charge on any atom is -0.345 e. The number of aryl methyl sites for hydroxylation is 1. The Bertz CT molecular complexity index is 1490. The van der Waals surface area contributed by atoms with Gasteiger partial charge in [-0.3, -0.25) is 14.3 Å². The molecule has 0 saturated carbocycles. The molecule has 1 aliphatic rings. The van der Waals surface area contributed by atoms with Crippen molar-refractivity contribution in [3.8, 4) is 11.1 Å². The van der Waals surface area contributed by atoms with Crippen LogP contribution in [0.25, 0.3) is 16.6 Å². The highest BCUT2D eigenvalue weighted by Gasteiger charge is 2.31. The topological polar surface area (TPSA) is 75.7 Å². The molecule has 2 amide bonds. The van der Waals surface area contributed by atoms with Gasteiger partial charge in [-0.15, -0.1) is 0 Å². The fourth-order valence-corrected chi connectivity index (χ4v) is 4.91. The number of nitrogens with zero attached hydrogens (tertiary/aromatic N) is 6. The molecule has 0 bridgehead atoms. The predicted octanol–water partition coefficient (Wildman–Crippen LogP) is 4.16. The molecule has 36 heavy (non-hydrogen) atoms. The number of benzene rings is 1. The highest BCUT2D eigenvalue weighted by molar-refractivity contribution is 5.97. The largest absolute Gasteiger partial charge is 0.345 e. The normalized spacial score (nSPS) is 13.8. The maximum atomic E-state index is 13.2. The molecule has 0 saturated heterocycles. The standard InChI is InChI=1S/C28H32N6O2/c1-18-13-19(22-9-11-29-33-17-21(14-25(22)33)26(35)31(5)6)7-8-20(18)16-32-12-10-24-23(27(32)36)15-30-34(24)28(2,3)4/h7-9,11,13-15,17H,10,12,16H2,1-6H3. The van der Waals surface area contributed by atoms with Gasteiger partial charge in [-0.1, -0.05) is 18.2 Å². The molecule has 0 unspecified atom stereocenters. The first-order valence-corrected chi connectivity index (χ1v) is 12.2. The Balaban J connectivity index is 1.41. The van der Waals surface area contributed by atoms with Crippen LogP contribution in [0.4, 0.5) is 0 Å². The third-order valence-corrected chi connectivity index (χ3v) is 6.82. The number of hydrogen-bond donors (Lipinski definition) is 0. The fraction of sp³-hybridized carbons (Fsp3) is 0.357. The molecule has 0 N–H and O–H groups in total. The molecule has 8 heteroatoms. The lowest BCUT2D eigenvalue weighted by Crippen LogP contribution is -2.38. The van der Waals surface area contributed by atoms with Crippen LogP contribution in [0, 0.1) is 6.92 Å². The summed E-state index contributed by atoms with van der Waals surface area (Å²) in [6.45, 7) is 9.62. The minimum absolute atomic E-state index is 0.0392. The van der Waals surface area contributed by atoms with Gasteiger partial charge in [0.15, 0.2) is 0 Å². The van der Waals surface area contributed by atoms with Crippen molar-refractivity contribution in [2.24, 2.45) is 0 Å². The van der Waals surface area contributed by atoms with E-state index in [4.69, 9.17) is 0 Å². The number of amides is 2. The first-order valence-electron chi connectivity index (χ1n) is 12.2. The van der Waals surface area contributed by atoms with Crippen molar-refractivity contribution in [1.29, 1.82) is 0 Å². The Labute approximate surface area is 211 Å². The minimum atomic E-state index is -0.151. The fourth-order valence-electron chi connectivity index (χ4n) is 4.91. The smallest absolute Gasteiger partial charge is 0.257 e. The molecule has 1 aromatic carbocycles. The quantitative estimate of drug-likeness (QED) is 0.436. The van der Waals surface area contributed by atoms with E-state index in [9.17, 15) is 9.59 Å². The Kier molecular flexibility index (Phi) is 5.70. The van der Waals surface area contributed by atoms with Gasteiger partial charge < -0.3 is 9.80 Å². The second kappa shape index (κ2) is 8.62. The van der Waals surface area contributed by atoms with Gasteiger partial charge in [0, 0.05) is 51.6 Å². The van der Waals surface area contributed by atoms with E-state index in [1.807, 2.05) is 21.7 Å². The van der Waals surface area contributed by atoms with E-state index in [1.54, 1.807) is 42.1 Å². The van der Waals surface area contributed by atoms with Crippen molar-refractivity contribution in [2.45, 2.75) is 46.2 Å². The zero-order valence-electron chi connectivity index (χ0n) is 21.7. The maximum Gasteiger partial charge on any atom is 0.257 e. The predicted molar refractivity (Wildman–Crippen MR) is 139 cm³/mol. The van der Waals surface area contributed by atoms with Crippen LogP contribution in [-0.4, -0.2) is 61.6 Å². The average Bonchev–Trinajstić information content (AvgIpc) is 3.46. The molecule has 0 fully saturated rings. The lowest BCUT2D eigenvalue weighted by atomic mass is 9.98. The third-order valence-electron chi connectivity index (χ3n) is 6.82. The van der Waals surface area contributed by atoms with Gasteiger partial charge in [-0.25, -0.2) is 4.52 Å². The van der Waals surface area contributed by atoms with Gasteiger partial charge >= 0.3 is 0 Å². The highest BCUT2D eigenvalue weighted by Crippen LogP contribution is 2.29. The van der Waals surface area contributed by atoms with Crippen molar-refractivity contribution in [2.75, 3.05) is 20.6 Å². The zero-order valence-corrected chi connectivity index (χ0v) is 21.7. The lowest BCUT2D eigenvalue weighted by Gasteiger charge is -2.30. The second-order valence-electron chi connectivity index (χ2n) is 10.7. The summed E-state index contributed by atoms with van der Waals surface area (Å²) >= 11 is 0. The summed E-state index contributed by atoms with van der Waals surface area (Å²) < 4.78 is 3.73. The molecule has 5 rings (SSSR count). The number of carbonyl (C=O) groups excluding carboxylic acids is 2. The summed E-state index contributed by atoms with van der Waals surface area (Å²) in [6, 6.07) is 10.2. The van der Waals surface area contributed by atoms with Crippen LogP contribution in [0.1, 0.15) is 58.3 Å². The zero-order chi connectivity index (χ0) is 25.8. The molecule has 0 spiro atoms. The average molecular weight is 485 g/mol. The van der Waals surface area contributed by atoms with E-state index in [2.05, 4.69) is 56.1 Å². The maximum absolute atomic E-state index is 13.2. The molecule has 1 aliphatic heterocycles. The summed E-state index contributed by atoms with van der Waals surface area (Å²) in [5.41, 5.74) is 7.34.